The molecule has 1 heterocycles. The van der Waals surface area contributed by atoms with Crippen LogP contribution in [0.25, 0.3) is 0 Å². The molecule has 1 saturated heterocycles. The molecule has 1 saturated carbocycles. The maximum Gasteiger partial charge on any atom is 0.234 e. The number of carbonyl (C=O) groups excluding carboxylic acids is 1. The predicted octanol–water partition coefficient (Wildman–Crippen LogP) is 1.08. The minimum atomic E-state index is -0.917. The van der Waals surface area contributed by atoms with Crippen LogP contribution < -0.4 is 11.1 Å². The Morgan fingerprint density at radius 2 is 1.95 bits per heavy atom. The van der Waals surface area contributed by atoms with Crippen molar-refractivity contribution in [3.8, 4) is 0 Å². The molecule has 0 aromatic rings. The molecule has 0 aromatic heterocycles. The van der Waals surface area contributed by atoms with Gasteiger partial charge in [-0.25, -0.2) is 0 Å². The van der Waals surface area contributed by atoms with Crippen LogP contribution in [0, 0.1) is 16.7 Å². The van der Waals surface area contributed by atoms with Crippen molar-refractivity contribution in [3.63, 3.8) is 0 Å². The number of nitrogens with zero attached hydrogens (tertiary/aromatic N) is 1. The minimum absolute atomic E-state index is 0.00676. The summed E-state index contributed by atoms with van der Waals surface area (Å²) in [6, 6.07) is 0. The molecule has 1 aliphatic carbocycles. The number of ether oxygens (including phenoxy) is 1. The van der Waals surface area contributed by atoms with Crippen molar-refractivity contribution < 1.29 is 14.7 Å². The number of amides is 1. The Kier molecular flexibility index (Phi) is 4.22. The van der Waals surface area contributed by atoms with E-state index in [2.05, 4.69) is 24.3 Å². The molecule has 4 N–H and O–H groups in total. The smallest absolute Gasteiger partial charge is 0.234 e. The second kappa shape index (κ2) is 5.60. The zero-order valence-corrected chi connectivity index (χ0v) is 12.3. The summed E-state index contributed by atoms with van der Waals surface area (Å²) >= 11 is 0. The van der Waals surface area contributed by atoms with E-state index in [4.69, 9.17) is 15.7 Å². The van der Waals surface area contributed by atoms with Gasteiger partial charge in [0.15, 0.2) is 5.84 Å². The molecule has 2 fully saturated rings. The fourth-order valence-corrected chi connectivity index (χ4v) is 2.96. The summed E-state index contributed by atoms with van der Waals surface area (Å²) in [5.74, 6) is 0.410. The summed E-state index contributed by atoms with van der Waals surface area (Å²) in [6.45, 7) is 5.96. The highest BCUT2D eigenvalue weighted by atomic mass is 16.5. The average molecular weight is 283 g/mol. The van der Waals surface area contributed by atoms with E-state index in [1.807, 2.05) is 0 Å². The predicted molar refractivity (Wildman–Crippen MR) is 75.4 cm³/mol. The third kappa shape index (κ3) is 2.61. The third-order valence-corrected chi connectivity index (χ3v) is 5.10. The van der Waals surface area contributed by atoms with Gasteiger partial charge in [0.25, 0.3) is 0 Å². The molecule has 0 unspecified atom stereocenters. The molecule has 1 aliphatic heterocycles. The van der Waals surface area contributed by atoms with E-state index in [-0.39, 0.29) is 17.2 Å². The van der Waals surface area contributed by atoms with Crippen LogP contribution in [0.3, 0.4) is 0 Å². The number of rotatable bonds is 5. The van der Waals surface area contributed by atoms with Gasteiger partial charge in [0.1, 0.15) is 5.41 Å². The quantitative estimate of drug-likeness (QED) is 0.304. The van der Waals surface area contributed by atoms with E-state index in [0.29, 0.717) is 38.5 Å². The van der Waals surface area contributed by atoms with Gasteiger partial charge in [-0.15, -0.1) is 0 Å². The molecule has 0 aromatic carbocycles. The first-order chi connectivity index (χ1) is 9.47. The zero-order chi connectivity index (χ0) is 14.8. The van der Waals surface area contributed by atoms with E-state index in [9.17, 15) is 4.79 Å². The lowest BCUT2D eigenvalue weighted by Crippen LogP contribution is -2.53. The fraction of sp³-hybridized carbons (Fsp3) is 0.857. The topological polar surface area (TPSA) is 96.9 Å². The molecule has 2 aliphatic rings. The molecule has 6 heteroatoms. The lowest BCUT2D eigenvalue weighted by molar-refractivity contribution is -0.132. The van der Waals surface area contributed by atoms with Gasteiger partial charge in [-0.05, 0) is 37.0 Å². The molecule has 20 heavy (non-hydrogen) atoms. The van der Waals surface area contributed by atoms with Crippen LogP contribution in [0.1, 0.15) is 39.5 Å². The van der Waals surface area contributed by atoms with Crippen molar-refractivity contribution in [2.45, 2.75) is 39.5 Å². The lowest BCUT2D eigenvalue weighted by atomic mass is 9.78. The first kappa shape index (κ1) is 15.1. The van der Waals surface area contributed by atoms with Crippen molar-refractivity contribution in [1.82, 2.24) is 5.32 Å². The first-order valence-electron chi connectivity index (χ1n) is 7.31. The molecule has 0 atom stereocenters. The highest BCUT2D eigenvalue weighted by molar-refractivity contribution is 6.06. The molecule has 0 spiro atoms. The number of amidine groups is 1. The van der Waals surface area contributed by atoms with E-state index in [0.717, 1.165) is 12.8 Å². The monoisotopic (exact) mass is 283 g/mol. The van der Waals surface area contributed by atoms with Crippen LogP contribution in [-0.2, 0) is 9.53 Å². The maximum atomic E-state index is 12.6. The van der Waals surface area contributed by atoms with Crippen molar-refractivity contribution >= 4 is 11.7 Å². The Hall–Kier alpha value is -1.30. The van der Waals surface area contributed by atoms with Crippen LogP contribution in [0.15, 0.2) is 5.16 Å². The van der Waals surface area contributed by atoms with Gasteiger partial charge in [-0.3, -0.25) is 4.79 Å². The summed E-state index contributed by atoms with van der Waals surface area (Å²) in [5, 5.41) is 15.1. The Bertz CT molecular complexity index is 396. The summed E-state index contributed by atoms with van der Waals surface area (Å²) < 4.78 is 5.29. The van der Waals surface area contributed by atoms with Crippen LogP contribution in [0.2, 0.25) is 0 Å². The Morgan fingerprint density at radius 3 is 2.40 bits per heavy atom. The molecule has 6 nitrogen and oxygen atoms in total. The molecule has 114 valence electrons. The highest BCUT2D eigenvalue weighted by Gasteiger charge is 2.48. The van der Waals surface area contributed by atoms with Gasteiger partial charge in [0.05, 0.1) is 0 Å². The van der Waals surface area contributed by atoms with Gasteiger partial charge < -0.3 is 21.0 Å². The Labute approximate surface area is 119 Å². The van der Waals surface area contributed by atoms with E-state index in [1.165, 1.54) is 0 Å². The zero-order valence-electron chi connectivity index (χ0n) is 12.3. The summed E-state index contributed by atoms with van der Waals surface area (Å²) in [6.07, 6.45) is 3.24. The number of nitrogens with two attached hydrogens (primary N) is 1. The van der Waals surface area contributed by atoms with Gasteiger partial charge >= 0.3 is 0 Å². The van der Waals surface area contributed by atoms with E-state index >= 15 is 0 Å². The van der Waals surface area contributed by atoms with Crippen LogP contribution >= 0.6 is 0 Å². The molecule has 0 radical (unpaired) electrons. The molecule has 2 rings (SSSR count). The van der Waals surface area contributed by atoms with Gasteiger partial charge in [0.2, 0.25) is 5.91 Å². The lowest BCUT2D eigenvalue weighted by Gasteiger charge is -2.35. The van der Waals surface area contributed by atoms with Crippen LogP contribution in [-0.4, -0.2) is 36.7 Å². The maximum absolute atomic E-state index is 12.6. The second-order valence-corrected chi connectivity index (χ2v) is 6.38. The molecule has 0 bridgehead atoms. The second-order valence-electron chi connectivity index (χ2n) is 6.38. The van der Waals surface area contributed by atoms with Gasteiger partial charge in [-0.2, -0.15) is 0 Å². The normalized spacial score (nSPS) is 24.4. The molecular formula is C14H25N3O3. The molecular weight excluding hydrogens is 258 g/mol. The van der Waals surface area contributed by atoms with Crippen molar-refractivity contribution in [2.75, 3.05) is 19.8 Å². The SMILES string of the molecule is CC(C)C1(CNC(=O)C2(C(N)=NO)CCOCC2)CC1. The third-order valence-electron chi connectivity index (χ3n) is 5.10. The standard InChI is InChI=1S/C14H25N3O3/c1-10(2)13(3-4-13)9-16-12(18)14(11(15)17-19)5-7-20-8-6-14/h10,19H,3-9H2,1-2H3,(H2,15,17)(H,16,18). The highest BCUT2D eigenvalue weighted by Crippen LogP contribution is 2.51. The van der Waals surface area contributed by atoms with E-state index in [1.54, 1.807) is 0 Å². The number of nitrogens with one attached hydrogen (secondary N) is 1. The minimum Gasteiger partial charge on any atom is -0.409 e. The van der Waals surface area contributed by atoms with Crippen molar-refractivity contribution in [3.05, 3.63) is 0 Å². The van der Waals surface area contributed by atoms with Crippen LogP contribution in [0.4, 0.5) is 0 Å². The number of oxime groups is 1. The van der Waals surface area contributed by atoms with Crippen molar-refractivity contribution in [1.29, 1.82) is 0 Å². The number of carbonyl (C=O) groups is 1. The number of hydrogen-bond donors (Lipinski definition) is 3. The van der Waals surface area contributed by atoms with Crippen molar-refractivity contribution in [2.24, 2.45) is 27.6 Å². The van der Waals surface area contributed by atoms with Gasteiger partial charge in [-0.1, -0.05) is 19.0 Å². The van der Waals surface area contributed by atoms with Crippen LogP contribution in [0.5, 0.6) is 0 Å². The summed E-state index contributed by atoms with van der Waals surface area (Å²) in [7, 11) is 0. The first-order valence-corrected chi connectivity index (χ1v) is 7.31. The summed E-state index contributed by atoms with van der Waals surface area (Å²) in [4.78, 5) is 12.6. The Morgan fingerprint density at radius 1 is 1.35 bits per heavy atom. The Balaban J connectivity index is 2.04. The fourth-order valence-electron chi connectivity index (χ4n) is 2.96. The van der Waals surface area contributed by atoms with Gasteiger partial charge in [0, 0.05) is 19.8 Å². The average Bonchev–Trinajstić information content (AvgIpc) is 3.25. The molecule has 1 amide bonds. The largest absolute Gasteiger partial charge is 0.409 e. The number of hydrogen-bond acceptors (Lipinski definition) is 4. The summed E-state index contributed by atoms with van der Waals surface area (Å²) in [5.41, 5.74) is 5.11. The van der Waals surface area contributed by atoms with E-state index < -0.39 is 5.41 Å².